The molecule has 0 bridgehead atoms. The standard InChI is InChI=1S/C16H25NO3/c1-3-9-13(4-2)17-14(18)12-16(15(19)20)10-7-5-6-8-11-16/h1,13H,4-12H2,2H3,(H,17,18)(H,19,20). The number of hydrogen-bond donors (Lipinski definition) is 2. The molecular weight excluding hydrogens is 254 g/mol. The molecule has 20 heavy (non-hydrogen) atoms. The zero-order valence-electron chi connectivity index (χ0n) is 12.3. The highest BCUT2D eigenvalue weighted by molar-refractivity contribution is 5.85. The predicted molar refractivity (Wildman–Crippen MR) is 78.1 cm³/mol. The number of terminal acetylenes is 1. The Bertz CT molecular complexity index is 376. The Kier molecular flexibility index (Phi) is 6.57. The van der Waals surface area contributed by atoms with E-state index in [4.69, 9.17) is 6.42 Å². The third-order valence-corrected chi connectivity index (χ3v) is 4.24. The monoisotopic (exact) mass is 279 g/mol. The topological polar surface area (TPSA) is 66.4 Å². The van der Waals surface area contributed by atoms with E-state index in [9.17, 15) is 14.7 Å². The van der Waals surface area contributed by atoms with Crippen molar-refractivity contribution >= 4 is 11.9 Å². The van der Waals surface area contributed by atoms with E-state index in [2.05, 4.69) is 11.2 Å². The van der Waals surface area contributed by atoms with E-state index >= 15 is 0 Å². The maximum Gasteiger partial charge on any atom is 0.310 e. The molecule has 1 aliphatic carbocycles. The van der Waals surface area contributed by atoms with E-state index in [1.807, 2.05) is 6.92 Å². The Morgan fingerprint density at radius 2 is 1.90 bits per heavy atom. The number of carboxylic acid groups (broad SMARTS) is 1. The van der Waals surface area contributed by atoms with Gasteiger partial charge in [0.05, 0.1) is 5.41 Å². The van der Waals surface area contributed by atoms with Gasteiger partial charge in [-0.05, 0) is 19.3 Å². The Hall–Kier alpha value is -1.50. The lowest BCUT2D eigenvalue weighted by Crippen LogP contribution is -2.41. The number of hydrogen-bond acceptors (Lipinski definition) is 2. The average Bonchev–Trinajstić information content (AvgIpc) is 2.64. The molecule has 4 heteroatoms. The molecule has 0 aromatic rings. The third kappa shape index (κ3) is 4.56. The smallest absolute Gasteiger partial charge is 0.310 e. The Morgan fingerprint density at radius 1 is 1.30 bits per heavy atom. The summed E-state index contributed by atoms with van der Waals surface area (Å²) in [5.41, 5.74) is -0.880. The summed E-state index contributed by atoms with van der Waals surface area (Å²) in [5, 5.41) is 12.4. The Morgan fingerprint density at radius 3 is 2.35 bits per heavy atom. The van der Waals surface area contributed by atoms with Crippen LogP contribution in [0.15, 0.2) is 0 Å². The third-order valence-electron chi connectivity index (χ3n) is 4.24. The number of carbonyl (C=O) groups is 2. The average molecular weight is 279 g/mol. The summed E-state index contributed by atoms with van der Waals surface area (Å²) in [7, 11) is 0. The van der Waals surface area contributed by atoms with E-state index in [0.717, 1.165) is 32.1 Å². The quantitative estimate of drug-likeness (QED) is 0.580. The molecule has 0 spiro atoms. The summed E-state index contributed by atoms with van der Waals surface area (Å²) in [6, 6.07) is -0.0517. The number of carbonyl (C=O) groups excluding carboxylic acids is 1. The molecule has 0 heterocycles. The van der Waals surface area contributed by atoms with E-state index in [1.165, 1.54) is 0 Å². The van der Waals surface area contributed by atoms with Crippen LogP contribution >= 0.6 is 0 Å². The summed E-state index contributed by atoms with van der Waals surface area (Å²) in [6.45, 7) is 1.96. The minimum absolute atomic E-state index is 0.0517. The molecule has 1 amide bonds. The molecule has 2 N–H and O–H groups in total. The number of amides is 1. The molecule has 0 radical (unpaired) electrons. The second-order valence-corrected chi connectivity index (χ2v) is 5.76. The van der Waals surface area contributed by atoms with Gasteiger partial charge in [-0.15, -0.1) is 12.3 Å². The van der Waals surface area contributed by atoms with E-state index in [0.29, 0.717) is 19.3 Å². The van der Waals surface area contributed by atoms with Crippen molar-refractivity contribution in [2.24, 2.45) is 5.41 Å². The van der Waals surface area contributed by atoms with Crippen LogP contribution in [-0.4, -0.2) is 23.0 Å². The van der Waals surface area contributed by atoms with Crippen molar-refractivity contribution in [1.82, 2.24) is 5.32 Å². The van der Waals surface area contributed by atoms with Crippen LogP contribution in [0.3, 0.4) is 0 Å². The summed E-state index contributed by atoms with van der Waals surface area (Å²) >= 11 is 0. The highest BCUT2D eigenvalue weighted by atomic mass is 16.4. The summed E-state index contributed by atoms with van der Waals surface area (Å²) < 4.78 is 0. The van der Waals surface area contributed by atoms with Crippen molar-refractivity contribution < 1.29 is 14.7 Å². The molecule has 1 rings (SSSR count). The van der Waals surface area contributed by atoms with E-state index in [-0.39, 0.29) is 18.4 Å². The highest BCUT2D eigenvalue weighted by Gasteiger charge is 2.40. The maximum absolute atomic E-state index is 12.1. The molecule has 112 valence electrons. The van der Waals surface area contributed by atoms with Crippen LogP contribution in [0.5, 0.6) is 0 Å². The molecule has 1 unspecified atom stereocenters. The van der Waals surface area contributed by atoms with Gasteiger partial charge >= 0.3 is 5.97 Å². The molecule has 0 saturated heterocycles. The van der Waals surface area contributed by atoms with Crippen molar-refractivity contribution in [1.29, 1.82) is 0 Å². The predicted octanol–water partition coefficient (Wildman–Crippen LogP) is 2.72. The van der Waals surface area contributed by atoms with Crippen LogP contribution in [0.1, 0.15) is 64.7 Å². The largest absolute Gasteiger partial charge is 0.481 e. The first-order valence-electron chi connectivity index (χ1n) is 7.50. The second kappa shape index (κ2) is 7.94. The highest BCUT2D eigenvalue weighted by Crippen LogP contribution is 2.38. The lowest BCUT2D eigenvalue weighted by atomic mass is 9.77. The molecule has 1 aliphatic rings. The second-order valence-electron chi connectivity index (χ2n) is 5.76. The molecule has 4 nitrogen and oxygen atoms in total. The van der Waals surface area contributed by atoms with Gasteiger partial charge in [-0.2, -0.15) is 0 Å². The zero-order valence-corrected chi connectivity index (χ0v) is 12.3. The van der Waals surface area contributed by atoms with Crippen molar-refractivity contribution in [3.63, 3.8) is 0 Å². The molecule has 1 atom stereocenters. The van der Waals surface area contributed by atoms with Crippen molar-refractivity contribution in [3.8, 4) is 12.3 Å². The molecule has 0 aromatic carbocycles. The van der Waals surface area contributed by atoms with E-state index in [1.54, 1.807) is 0 Å². The number of carboxylic acids is 1. The van der Waals surface area contributed by atoms with Crippen LogP contribution < -0.4 is 5.32 Å². The van der Waals surface area contributed by atoms with Gasteiger partial charge in [-0.1, -0.05) is 32.6 Å². The lowest BCUT2D eigenvalue weighted by molar-refractivity contribution is -0.153. The normalized spacial score (nSPS) is 19.4. The fourth-order valence-corrected chi connectivity index (χ4v) is 2.90. The van der Waals surface area contributed by atoms with Crippen LogP contribution in [0, 0.1) is 17.8 Å². The minimum atomic E-state index is -0.880. The zero-order chi connectivity index (χ0) is 15.0. The minimum Gasteiger partial charge on any atom is -0.481 e. The maximum atomic E-state index is 12.1. The van der Waals surface area contributed by atoms with Crippen molar-refractivity contribution in [2.75, 3.05) is 0 Å². The van der Waals surface area contributed by atoms with Crippen LogP contribution in [0.2, 0.25) is 0 Å². The van der Waals surface area contributed by atoms with Gasteiger partial charge in [0.15, 0.2) is 0 Å². The van der Waals surface area contributed by atoms with Crippen LogP contribution in [-0.2, 0) is 9.59 Å². The van der Waals surface area contributed by atoms with Crippen molar-refractivity contribution in [3.05, 3.63) is 0 Å². The first-order chi connectivity index (χ1) is 9.54. The lowest BCUT2D eigenvalue weighted by Gasteiger charge is -2.28. The summed E-state index contributed by atoms with van der Waals surface area (Å²) in [5.74, 6) is 1.52. The number of rotatable bonds is 6. The molecule has 0 aromatic heterocycles. The molecule has 1 fully saturated rings. The summed E-state index contributed by atoms with van der Waals surface area (Å²) in [6.07, 6.45) is 11.7. The van der Waals surface area contributed by atoms with Gasteiger partial charge < -0.3 is 10.4 Å². The molecular formula is C16H25NO3. The fourth-order valence-electron chi connectivity index (χ4n) is 2.90. The number of aliphatic carboxylic acids is 1. The van der Waals surface area contributed by atoms with Gasteiger partial charge in [0.1, 0.15) is 0 Å². The van der Waals surface area contributed by atoms with Gasteiger partial charge in [0.25, 0.3) is 0 Å². The Balaban J connectivity index is 2.67. The van der Waals surface area contributed by atoms with Gasteiger partial charge in [-0.25, -0.2) is 0 Å². The van der Waals surface area contributed by atoms with E-state index < -0.39 is 11.4 Å². The summed E-state index contributed by atoms with van der Waals surface area (Å²) in [4.78, 5) is 23.8. The SMILES string of the molecule is C#CCC(CC)NC(=O)CC1(C(=O)O)CCCCCC1. The number of nitrogens with one attached hydrogen (secondary N) is 1. The van der Waals surface area contributed by atoms with Crippen LogP contribution in [0.4, 0.5) is 0 Å². The van der Waals surface area contributed by atoms with Gasteiger partial charge in [-0.3, -0.25) is 9.59 Å². The first-order valence-corrected chi connectivity index (χ1v) is 7.50. The fraction of sp³-hybridized carbons (Fsp3) is 0.750. The molecule has 1 saturated carbocycles. The van der Waals surface area contributed by atoms with Gasteiger partial charge in [0.2, 0.25) is 5.91 Å². The van der Waals surface area contributed by atoms with Crippen LogP contribution in [0.25, 0.3) is 0 Å². The first kappa shape index (κ1) is 16.6. The molecule has 0 aliphatic heterocycles. The van der Waals surface area contributed by atoms with Gasteiger partial charge in [0, 0.05) is 18.9 Å². The van der Waals surface area contributed by atoms with Crippen molar-refractivity contribution in [2.45, 2.75) is 70.8 Å². The Labute approximate surface area is 121 Å².